The molecule has 7 saturated heterocycles. The fourth-order valence-corrected chi connectivity index (χ4v) is 20.4. The maximum atomic E-state index is 15.6. The lowest BCUT2D eigenvalue weighted by Crippen LogP contribution is -2.67. The van der Waals surface area contributed by atoms with Gasteiger partial charge >= 0.3 is 5.97 Å². The molecular weight excluding hydrogens is 1410 g/mol. The number of rotatable bonds is 18. The first-order valence-corrected chi connectivity index (χ1v) is 37.5. The monoisotopic (exact) mass is 1530 g/mol. The minimum absolute atomic E-state index is 0.0300. The Morgan fingerprint density at radius 1 is 0.453 bits per heavy atom. The van der Waals surface area contributed by atoms with Crippen LogP contribution in [-0.2, 0) is 71.1 Å². The van der Waals surface area contributed by atoms with Crippen molar-refractivity contribution >= 4 is 5.97 Å². The number of allylic oxidation sites excluding steroid dienone is 2. The van der Waals surface area contributed by atoms with Gasteiger partial charge in [0, 0.05) is 5.41 Å². The predicted octanol–water partition coefficient (Wildman–Crippen LogP) is -5.87. The van der Waals surface area contributed by atoms with Crippen molar-refractivity contribution in [2.45, 2.75) is 341 Å². The highest BCUT2D eigenvalue weighted by Crippen LogP contribution is 2.76. The van der Waals surface area contributed by atoms with E-state index in [0.717, 1.165) is 5.57 Å². The molecule has 35 nitrogen and oxygen atoms in total. The Kier molecular flexibility index (Phi) is 24.8. The number of fused-ring (bicyclic) bond motifs is 7. The van der Waals surface area contributed by atoms with Gasteiger partial charge in [-0.2, -0.15) is 0 Å². The third-order valence-corrected chi connectivity index (χ3v) is 27.4. The third kappa shape index (κ3) is 14.5. The topological polar surface area (TPSA) is 551 Å². The number of carbonyl (C=O) groups is 1. The molecular formula is C71H116O35. The van der Waals surface area contributed by atoms with Crippen LogP contribution in [-0.4, -0.2) is 356 Å². The molecule has 35 heteroatoms. The van der Waals surface area contributed by atoms with Gasteiger partial charge in [0.1, 0.15) is 146 Å². The molecule has 0 bridgehead atoms. The summed E-state index contributed by atoms with van der Waals surface area (Å²) < 4.78 is 84.5. The summed E-state index contributed by atoms with van der Waals surface area (Å²) in [4.78, 5) is 15.6. The molecule has 0 radical (unpaired) electrons. The Bertz CT molecular complexity index is 3010. The second-order valence-corrected chi connectivity index (χ2v) is 34.1. The molecule has 0 aromatic carbocycles. The summed E-state index contributed by atoms with van der Waals surface area (Å²) in [7, 11) is 0. The minimum Gasteiger partial charge on any atom is -0.432 e. The molecule has 0 unspecified atom stereocenters. The maximum absolute atomic E-state index is 15.6. The van der Waals surface area contributed by atoms with Crippen molar-refractivity contribution < 1.29 is 173 Å². The second kappa shape index (κ2) is 31.6. The Morgan fingerprint density at radius 2 is 0.953 bits per heavy atom. The van der Waals surface area contributed by atoms with Crippen molar-refractivity contribution in [3.05, 3.63) is 11.6 Å². The molecule has 12 aliphatic rings. The molecule has 7 heterocycles. The van der Waals surface area contributed by atoms with Gasteiger partial charge in [0.15, 0.2) is 37.7 Å². The summed E-state index contributed by atoms with van der Waals surface area (Å²) in [6.07, 6.45) is -50.2. The van der Waals surface area contributed by atoms with E-state index in [1.165, 1.54) is 20.8 Å². The van der Waals surface area contributed by atoms with Gasteiger partial charge in [-0.3, -0.25) is 4.79 Å². The molecule has 7 aliphatic heterocycles. The Labute approximate surface area is 613 Å². The van der Waals surface area contributed by atoms with E-state index in [1.807, 2.05) is 6.92 Å². The van der Waals surface area contributed by atoms with Crippen LogP contribution >= 0.6 is 0 Å². The zero-order valence-corrected chi connectivity index (χ0v) is 61.2. The first-order valence-electron chi connectivity index (χ1n) is 37.5. The number of hydrogen-bond donors (Lipinski definition) is 20. The molecule has 12 rings (SSSR count). The van der Waals surface area contributed by atoms with Gasteiger partial charge in [-0.05, 0) is 124 Å². The molecule has 43 atom stereocenters. The molecule has 106 heavy (non-hydrogen) atoms. The summed E-state index contributed by atoms with van der Waals surface area (Å²) in [5.41, 5.74) is -2.56. The van der Waals surface area contributed by atoms with E-state index in [0.29, 0.717) is 64.2 Å². The largest absolute Gasteiger partial charge is 0.432 e. The van der Waals surface area contributed by atoms with Gasteiger partial charge in [-0.1, -0.05) is 53.2 Å². The number of aliphatic hydroxyl groups is 20. The lowest BCUT2D eigenvalue weighted by Gasteiger charge is -2.71. The highest BCUT2D eigenvalue weighted by atomic mass is 16.8. The molecule has 0 aromatic rings. The highest BCUT2D eigenvalue weighted by molar-refractivity contribution is 5.79. The van der Waals surface area contributed by atoms with Crippen LogP contribution in [0.4, 0.5) is 0 Å². The van der Waals surface area contributed by atoms with Crippen LogP contribution in [0.1, 0.15) is 127 Å². The number of carbonyl (C=O) groups excluding carboxylic acids is 1. The zero-order valence-electron chi connectivity index (χ0n) is 61.2. The number of esters is 1. The SMILES string of the molecule is C[C@@H]1O[C@@H](O[C@H]2[C@H](O)[C@@H](O[C@@H]3O[C@H](CO)[C@@H](O)[C@H](O)[C@H]3O)[C@H](OC[C@H]3O[C@@H](OC(=O)[C@]45CCC(C)(C)C[C@H]4C4=CC[C@@H]6[C@@]7(C)CC[C@H](O[C@@H]8OC[C@H](O)[C@H](O)[C@H]8O[C@@H]8O[C@@H](C)[C@H](O)[C@@H](O[C@@H]9O[C@H](CO)[C@@H](O)[C@H](O)[C@H]9O)[C@H]8O)[C@@](C)(CO)[C@@H]7CC[C@@]6(C)[C@]4(C)CC5)[C@H](O)[C@@H](O)[C@@H]3O)O[C@@H]2C)[C@H](O)[C@H](O)[C@H]1O. The molecule has 20 N–H and O–H groups in total. The van der Waals surface area contributed by atoms with Crippen LogP contribution in [0.5, 0.6) is 0 Å². The smallest absolute Gasteiger partial charge is 0.315 e. The molecule has 11 fully saturated rings. The first-order chi connectivity index (χ1) is 49.8. The number of ether oxygens (including phenoxy) is 14. The Balaban J connectivity index is 0.741. The lowest BCUT2D eigenvalue weighted by molar-refractivity contribution is -0.386. The van der Waals surface area contributed by atoms with Crippen molar-refractivity contribution in [1.82, 2.24) is 0 Å². The highest BCUT2D eigenvalue weighted by Gasteiger charge is 2.71. The van der Waals surface area contributed by atoms with E-state index < -0.39 is 262 Å². The van der Waals surface area contributed by atoms with E-state index in [4.69, 9.17) is 66.3 Å². The van der Waals surface area contributed by atoms with Gasteiger partial charge in [-0.15, -0.1) is 0 Å². The summed E-state index contributed by atoms with van der Waals surface area (Å²) in [5.74, 6) is -1.20. The van der Waals surface area contributed by atoms with Gasteiger partial charge in [0.25, 0.3) is 0 Å². The normalized spacial score (nSPS) is 55.5. The molecule has 0 spiro atoms. The average Bonchev–Trinajstić information content (AvgIpc) is 0.673. The summed E-state index contributed by atoms with van der Waals surface area (Å²) in [6, 6.07) is 0. The van der Waals surface area contributed by atoms with Crippen molar-refractivity contribution in [2.75, 3.05) is 33.0 Å². The lowest BCUT2D eigenvalue weighted by atomic mass is 9.33. The van der Waals surface area contributed by atoms with Crippen molar-refractivity contribution in [3.8, 4) is 0 Å². The first kappa shape index (κ1) is 83.3. The van der Waals surface area contributed by atoms with Gasteiger partial charge in [-0.25, -0.2) is 0 Å². The van der Waals surface area contributed by atoms with Crippen molar-refractivity contribution in [1.29, 1.82) is 0 Å². The van der Waals surface area contributed by atoms with E-state index in [2.05, 4.69) is 40.7 Å². The van der Waals surface area contributed by atoms with Crippen LogP contribution in [0.3, 0.4) is 0 Å². The quantitative estimate of drug-likeness (QED) is 0.0345. The van der Waals surface area contributed by atoms with Crippen molar-refractivity contribution in [2.24, 2.45) is 50.2 Å². The van der Waals surface area contributed by atoms with Gasteiger partial charge < -0.3 is 168 Å². The predicted molar refractivity (Wildman–Crippen MR) is 352 cm³/mol. The van der Waals surface area contributed by atoms with E-state index in [9.17, 15) is 102 Å². The Morgan fingerprint density at radius 3 is 1.55 bits per heavy atom. The molecule has 610 valence electrons. The van der Waals surface area contributed by atoms with Crippen LogP contribution in [0, 0.1) is 50.2 Å². The molecule has 0 amide bonds. The standard InChI is InChI=1S/C71H116O35/c1-26-38(76)44(82)48(86)58(95-26)102-54-28(3)97-63(57(52(54)90)105-60-50(88)46(84)42(80)33(22-73)99-60)94-24-34-43(81)47(85)51(89)61(100-34)106-65(92)71-18-16-66(4,5)20-30(71)29-10-11-36-67(6)14-13-37(68(7,25-74)35(67)12-15-70(36,9)69(29,8)17-19-71)101-64-56(40(78)31(75)23-93-64)104-62-53(91)55(39(77)27(2)96-62)103-59-49(87)45(83)41(79)32(21-72)98-59/h10,26-28,30-64,72-91H,11-25H2,1-9H3/t26-,27-,28+,30-,31-,32+,33+,34+,35+,36+,37-,38-,39-,40-,41+,42+,43+,44+,45-,46-,47-,48+,49+,50+,51+,52-,53+,54+,55+,56+,57+,58-,59-,60-,61-,62-,63+,64-,67-,68-,69+,70+,71-/m0/s1. The molecule has 4 saturated carbocycles. The fraction of sp³-hybridized carbons (Fsp3) is 0.958. The van der Waals surface area contributed by atoms with Crippen LogP contribution in [0.25, 0.3) is 0 Å². The van der Waals surface area contributed by atoms with E-state index in [-0.39, 0.29) is 41.8 Å². The average molecular weight is 1530 g/mol. The number of aliphatic hydroxyl groups excluding tert-OH is 20. The summed E-state index contributed by atoms with van der Waals surface area (Å²) in [5, 5.41) is 220. The maximum Gasteiger partial charge on any atom is 0.315 e. The van der Waals surface area contributed by atoms with Crippen molar-refractivity contribution in [3.63, 3.8) is 0 Å². The summed E-state index contributed by atoms with van der Waals surface area (Å²) in [6.45, 7) is 14.4. The fourth-order valence-electron chi connectivity index (χ4n) is 20.4. The van der Waals surface area contributed by atoms with E-state index >= 15 is 4.79 Å². The number of hydrogen-bond acceptors (Lipinski definition) is 35. The van der Waals surface area contributed by atoms with Crippen LogP contribution in [0.2, 0.25) is 0 Å². The van der Waals surface area contributed by atoms with E-state index in [1.54, 1.807) is 0 Å². The second-order valence-electron chi connectivity index (χ2n) is 34.1. The van der Waals surface area contributed by atoms with Gasteiger partial charge in [0.2, 0.25) is 6.29 Å². The minimum atomic E-state index is -2.00. The third-order valence-electron chi connectivity index (χ3n) is 27.4. The van der Waals surface area contributed by atoms with Crippen LogP contribution in [0.15, 0.2) is 11.6 Å². The molecule has 0 aromatic heterocycles. The van der Waals surface area contributed by atoms with Gasteiger partial charge in [0.05, 0.1) is 62.9 Å². The van der Waals surface area contributed by atoms with Crippen LogP contribution < -0.4 is 0 Å². The molecule has 5 aliphatic carbocycles. The zero-order chi connectivity index (χ0) is 77.3. The summed E-state index contributed by atoms with van der Waals surface area (Å²) >= 11 is 0. The Hall–Kier alpha value is -2.11.